The zero-order valence-corrected chi connectivity index (χ0v) is 16.5. The van der Waals surface area contributed by atoms with Crippen LogP contribution in [0.5, 0.6) is 0 Å². The van der Waals surface area contributed by atoms with Gasteiger partial charge in [0.15, 0.2) is 0 Å². The topological polar surface area (TPSA) is 12.9 Å². The Hall–Kier alpha value is -3.52. The van der Waals surface area contributed by atoms with Crippen molar-refractivity contribution in [2.75, 3.05) is 0 Å². The number of aromatic nitrogens is 1. The average molecular weight is 389 g/mol. The molecule has 0 atom stereocenters. The van der Waals surface area contributed by atoms with Crippen molar-refractivity contribution in [3.05, 3.63) is 102 Å². The normalized spacial score (nSPS) is 13.1. The quantitative estimate of drug-likeness (QED) is 0.288. The second kappa shape index (κ2) is 6.77. The fraction of sp³-hybridized carbons (Fsp3) is 0.107. The zero-order valence-electron chi connectivity index (χ0n) is 16.5. The van der Waals surface area contributed by atoms with Gasteiger partial charge in [0.05, 0.1) is 5.69 Å². The number of benzene rings is 4. The predicted molar refractivity (Wildman–Crippen MR) is 122 cm³/mol. The number of halogens is 1. The zero-order chi connectivity index (χ0) is 20.1. The first-order chi connectivity index (χ1) is 14.8. The monoisotopic (exact) mass is 389 g/mol. The summed E-state index contributed by atoms with van der Waals surface area (Å²) in [5.41, 5.74) is 7.65. The van der Waals surface area contributed by atoms with E-state index in [1.165, 1.54) is 34.7 Å². The molecule has 4 aromatic carbocycles. The van der Waals surface area contributed by atoms with Crippen LogP contribution in [0.2, 0.25) is 0 Å². The van der Waals surface area contributed by atoms with E-state index in [1.807, 2.05) is 24.4 Å². The van der Waals surface area contributed by atoms with Gasteiger partial charge >= 0.3 is 0 Å². The van der Waals surface area contributed by atoms with Crippen molar-refractivity contribution in [1.82, 2.24) is 4.98 Å². The van der Waals surface area contributed by atoms with Crippen LogP contribution in [0.3, 0.4) is 0 Å². The van der Waals surface area contributed by atoms with Gasteiger partial charge in [0.2, 0.25) is 0 Å². The minimum atomic E-state index is -0.206. The molecule has 1 heterocycles. The van der Waals surface area contributed by atoms with Crippen molar-refractivity contribution in [1.29, 1.82) is 0 Å². The largest absolute Gasteiger partial charge is 0.256 e. The molecule has 1 aliphatic carbocycles. The first-order valence-electron chi connectivity index (χ1n) is 10.5. The number of nitrogens with zero attached hydrogens (tertiary/aromatic N) is 1. The molecule has 5 aromatic rings. The van der Waals surface area contributed by atoms with Gasteiger partial charge in [0, 0.05) is 17.1 Å². The minimum Gasteiger partial charge on any atom is -0.256 e. The van der Waals surface area contributed by atoms with Gasteiger partial charge in [-0.25, -0.2) is 4.39 Å². The summed E-state index contributed by atoms with van der Waals surface area (Å²) in [5, 5.41) is 4.19. The number of fused-ring (bicyclic) bond motifs is 4. The van der Waals surface area contributed by atoms with E-state index in [0.29, 0.717) is 0 Å². The summed E-state index contributed by atoms with van der Waals surface area (Å²) in [6.07, 6.45) is 5.34. The van der Waals surface area contributed by atoms with E-state index in [4.69, 9.17) is 4.98 Å². The van der Waals surface area contributed by atoms with Crippen molar-refractivity contribution in [2.45, 2.75) is 19.3 Å². The maximum atomic E-state index is 13.7. The lowest BCUT2D eigenvalue weighted by Gasteiger charge is -2.14. The van der Waals surface area contributed by atoms with Gasteiger partial charge in [-0.2, -0.15) is 0 Å². The molecule has 0 fully saturated rings. The molecule has 0 spiro atoms. The van der Waals surface area contributed by atoms with Gasteiger partial charge in [-0.1, -0.05) is 48.5 Å². The third kappa shape index (κ3) is 2.72. The van der Waals surface area contributed by atoms with Crippen LogP contribution >= 0.6 is 0 Å². The number of hydrogen-bond acceptors (Lipinski definition) is 1. The fourth-order valence-electron chi connectivity index (χ4n) is 4.91. The Morgan fingerprint density at radius 2 is 1.57 bits per heavy atom. The van der Waals surface area contributed by atoms with Crippen molar-refractivity contribution in [3.8, 4) is 22.4 Å². The summed E-state index contributed by atoms with van der Waals surface area (Å²) in [6.45, 7) is 0. The first-order valence-corrected chi connectivity index (χ1v) is 10.5. The van der Waals surface area contributed by atoms with Crippen molar-refractivity contribution in [3.63, 3.8) is 0 Å². The van der Waals surface area contributed by atoms with E-state index in [0.717, 1.165) is 45.6 Å². The second-order valence-electron chi connectivity index (χ2n) is 8.07. The highest BCUT2D eigenvalue weighted by molar-refractivity contribution is 6.11. The summed E-state index contributed by atoms with van der Waals surface area (Å²) < 4.78 is 13.7. The molecule has 144 valence electrons. The van der Waals surface area contributed by atoms with E-state index < -0.39 is 0 Å². The molecule has 6 rings (SSSR count). The van der Waals surface area contributed by atoms with Crippen LogP contribution in [0.1, 0.15) is 17.5 Å². The summed E-state index contributed by atoms with van der Waals surface area (Å²) >= 11 is 0. The fourth-order valence-corrected chi connectivity index (χ4v) is 4.91. The summed E-state index contributed by atoms with van der Waals surface area (Å²) in [4.78, 5) is 4.79. The Morgan fingerprint density at radius 3 is 2.47 bits per heavy atom. The molecular weight excluding hydrogens is 369 g/mol. The lowest BCUT2D eigenvalue weighted by molar-refractivity contribution is 0.630. The van der Waals surface area contributed by atoms with Crippen LogP contribution in [0.4, 0.5) is 4.39 Å². The Kier molecular flexibility index (Phi) is 3.92. The van der Waals surface area contributed by atoms with Crippen molar-refractivity contribution >= 4 is 21.5 Å². The third-order valence-electron chi connectivity index (χ3n) is 6.30. The van der Waals surface area contributed by atoms with Crippen LogP contribution in [0, 0.1) is 5.82 Å². The van der Waals surface area contributed by atoms with Gasteiger partial charge in [-0.05, 0) is 88.0 Å². The average Bonchev–Trinajstić information content (AvgIpc) is 3.27. The summed E-state index contributed by atoms with van der Waals surface area (Å²) in [5.74, 6) is -0.206. The van der Waals surface area contributed by atoms with Crippen LogP contribution in [0.15, 0.2) is 85.1 Å². The van der Waals surface area contributed by atoms with E-state index in [2.05, 4.69) is 48.5 Å². The smallest absolute Gasteiger partial charge is 0.123 e. The number of hydrogen-bond donors (Lipinski definition) is 0. The van der Waals surface area contributed by atoms with Gasteiger partial charge in [-0.3, -0.25) is 4.98 Å². The van der Waals surface area contributed by atoms with E-state index >= 15 is 0 Å². The van der Waals surface area contributed by atoms with Crippen molar-refractivity contribution < 1.29 is 4.39 Å². The van der Waals surface area contributed by atoms with E-state index in [1.54, 1.807) is 6.07 Å². The molecule has 0 bridgehead atoms. The molecule has 30 heavy (non-hydrogen) atoms. The predicted octanol–water partition coefficient (Wildman–Crippen LogP) is 7.35. The summed E-state index contributed by atoms with van der Waals surface area (Å²) in [6, 6.07) is 26.4. The molecule has 0 radical (unpaired) electrons. The van der Waals surface area contributed by atoms with Gasteiger partial charge < -0.3 is 0 Å². The Morgan fingerprint density at radius 1 is 0.700 bits per heavy atom. The molecule has 0 saturated carbocycles. The molecule has 0 aliphatic heterocycles. The standard InChI is InChI=1S/C28H20FN/c29-22-10-12-24-20(16-22)9-11-26-25(24)13-14-30-28(26)21-15-19-7-4-8-23(19)27(17-21)18-5-2-1-3-6-18/h1-3,5-6,9-17H,4,7-8H2. The first kappa shape index (κ1) is 17.3. The number of rotatable bonds is 2. The van der Waals surface area contributed by atoms with Crippen LogP contribution in [-0.2, 0) is 12.8 Å². The molecule has 2 heteroatoms. The Balaban J connectivity index is 1.62. The molecule has 0 amide bonds. The Bertz CT molecular complexity index is 1420. The molecule has 1 nitrogen and oxygen atoms in total. The van der Waals surface area contributed by atoms with Gasteiger partial charge in [0.1, 0.15) is 5.82 Å². The number of aryl methyl sites for hydroxylation is 1. The Labute approximate surface area is 174 Å². The number of pyridine rings is 1. The van der Waals surface area contributed by atoms with Gasteiger partial charge in [-0.15, -0.1) is 0 Å². The minimum absolute atomic E-state index is 0.206. The van der Waals surface area contributed by atoms with E-state index in [9.17, 15) is 4.39 Å². The van der Waals surface area contributed by atoms with Crippen molar-refractivity contribution in [2.24, 2.45) is 0 Å². The third-order valence-corrected chi connectivity index (χ3v) is 6.30. The lowest BCUT2D eigenvalue weighted by Crippen LogP contribution is -1.93. The van der Waals surface area contributed by atoms with Gasteiger partial charge in [0.25, 0.3) is 0 Å². The maximum Gasteiger partial charge on any atom is 0.123 e. The molecule has 0 N–H and O–H groups in total. The second-order valence-corrected chi connectivity index (χ2v) is 8.07. The molecule has 0 saturated heterocycles. The van der Waals surface area contributed by atoms with Crippen LogP contribution in [0.25, 0.3) is 43.9 Å². The summed E-state index contributed by atoms with van der Waals surface area (Å²) in [7, 11) is 0. The van der Waals surface area contributed by atoms with E-state index in [-0.39, 0.29) is 5.82 Å². The lowest BCUT2D eigenvalue weighted by atomic mass is 9.91. The molecular formula is C28H20FN. The highest BCUT2D eigenvalue weighted by Crippen LogP contribution is 2.39. The highest BCUT2D eigenvalue weighted by Gasteiger charge is 2.19. The maximum absolute atomic E-state index is 13.7. The van der Waals surface area contributed by atoms with Crippen LogP contribution < -0.4 is 0 Å². The SMILES string of the molecule is Fc1ccc2c(ccc3c(-c4cc5c(c(-c6ccccc6)c4)CCC5)nccc32)c1. The van der Waals surface area contributed by atoms with Crippen LogP contribution in [-0.4, -0.2) is 4.98 Å². The highest BCUT2D eigenvalue weighted by atomic mass is 19.1. The molecule has 1 aliphatic rings. The molecule has 1 aromatic heterocycles. The molecule has 0 unspecified atom stereocenters.